The van der Waals surface area contributed by atoms with Crippen LogP contribution in [-0.4, -0.2) is 39.0 Å². The van der Waals surface area contributed by atoms with Crippen LogP contribution >= 0.6 is 0 Å². The summed E-state index contributed by atoms with van der Waals surface area (Å²) in [4.78, 5) is 15.2. The van der Waals surface area contributed by atoms with Crippen LogP contribution in [0.25, 0.3) is 0 Å². The molecule has 3 heterocycles. The molecule has 0 aromatic carbocycles. The summed E-state index contributed by atoms with van der Waals surface area (Å²) in [6, 6.07) is 6.57. The summed E-state index contributed by atoms with van der Waals surface area (Å²) in [6.45, 7) is 5.21. The van der Waals surface area contributed by atoms with Gasteiger partial charge in [0.05, 0.1) is 0 Å². The predicted molar refractivity (Wildman–Crippen MR) is 82.9 cm³/mol. The molecule has 21 heavy (non-hydrogen) atoms. The molecule has 1 N–H and O–H groups in total. The highest BCUT2D eigenvalue weighted by molar-refractivity contribution is 5.26. The van der Waals surface area contributed by atoms with Crippen molar-refractivity contribution in [2.45, 2.75) is 32.4 Å². The number of aromatic nitrogens is 3. The van der Waals surface area contributed by atoms with Crippen molar-refractivity contribution in [3.05, 3.63) is 48.0 Å². The average Bonchev–Trinajstić information content (AvgIpc) is 2.50. The topological polar surface area (TPSA) is 53.9 Å². The van der Waals surface area contributed by atoms with E-state index in [9.17, 15) is 0 Å². The lowest BCUT2D eigenvalue weighted by Crippen LogP contribution is -2.39. The third-order valence-electron chi connectivity index (χ3n) is 3.87. The Kier molecular flexibility index (Phi) is 4.40. The summed E-state index contributed by atoms with van der Waals surface area (Å²) in [5.41, 5.74) is 2.33. The Bertz CT molecular complexity index is 564. The van der Waals surface area contributed by atoms with Gasteiger partial charge in [0, 0.05) is 50.0 Å². The average molecular weight is 283 g/mol. The first-order valence-corrected chi connectivity index (χ1v) is 7.47. The number of nitrogens with one attached hydrogen (secondary N) is 1. The second-order valence-corrected chi connectivity index (χ2v) is 5.57. The fourth-order valence-corrected chi connectivity index (χ4v) is 2.68. The Morgan fingerprint density at radius 3 is 2.62 bits per heavy atom. The zero-order valence-electron chi connectivity index (χ0n) is 12.4. The Hall–Kier alpha value is -2.01. The van der Waals surface area contributed by atoms with E-state index in [2.05, 4.69) is 37.3 Å². The molecule has 0 spiro atoms. The van der Waals surface area contributed by atoms with E-state index in [-0.39, 0.29) is 0 Å². The van der Waals surface area contributed by atoms with Gasteiger partial charge in [-0.2, -0.15) is 0 Å². The van der Waals surface area contributed by atoms with Crippen molar-refractivity contribution in [2.24, 2.45) is 0 Å². The van der Waals surface area contributed by atoms with E-state index >= 15 is 0 Å². The third-order valence-corrected chi connectivity index (χ3v) is 3.87. The number of piperidine rings is 1. The minimum Gasteiger partial charge on any atom is -0.351 e. The summed E-state index contributed by atoms with van der Waals surface area (Å²) >= 11 is 0. The van der Waals surface area contributed by atoms with Crippen LogP contribution in [0.4, 0.5) is 5.95 Å². The zero-order chi connectivity index (χ0) is 14.5. The van der Waals surface area contributed by atoms with Crippen LogP contribution in [0.5, 0.6) is 0 Å². The summed E-state index contributed by atoms with van der Waals surface area (Å²) in [5.74, 6) is 0.752. The normalized spacial score (nSPS) is 16.8. The monoisotopic (exact) mass is 283 g/mol. The smallest absolute Gasteiger partial charge is 0.223 e. The first kappa shape index (κ1) is 13.9. The Labute approximate surface area is 125 Å². The van der Waals surface area contributed by atoms with Crippen molar-refractivity contribution in [3.63, 3.8) is 0 Å². The highest BCUT2D eigenvalue weighted by Crippen LogP contribution is 2.16. The van der Waals surface area contributed by atoms with E-state index in [1.165, 1.54) is 5.56 Å². The lowest BCUT2D eigenvalue weighted by atomic mass is 10.0. The molecule has 1 aliphatic heterocycles. The van der Waals surface area contributed by atoms with Gasteiger partial charge in [0.1, 0.15) is 0 Å². The molecule has 0 bridgehead atoms. The van der Waals surface area contributed by atoms with Gasteiger partial charge in [-0.05, 0) is 43.5 Å². The largest absolute Gasteiger partial charge is 0.351 e. The number of nitrogens with zero attached hydrogens (tertiary/aromatic N) is 4. The van der Waals surface area contributed by atoms with Crippen molar-refractivity contribution >= 4 is 5.95 Å². The van der Waals surface area contributed by atoms with Gasteiger partial charge < -0.3 is 5.32 Å². The van der Waals surface area contributed by atoms with Gasteiger partial charge in [0.2, 0.25) is 5.95 Å². The predicted octanol–water partition coefficient (Wildman–Crippen LogP) is 2.26. The minimum absolute atomic E-state index is 0.473. The molecule has 0 atom stereocenters. The first-order valence-electron chi connectivity index (χ1n) is 7.47. The van der Waals surface area contributed by atoms with Crippen LogP contribution in [0.1, 0.15) is 24.1 Å². The van der Waals surface area contributed by atoms with E-state index in [1.54, 1.807) is 0 Å². The fourth-order valence-electron chi connectivity index (χ4n) is 2.68. The Morgan fingerprint density at radius 1 is 1.14 bits per heavy atom. The summed E-state index contributed by atoms with van der Waals surface area (Å²) in [6.07, 6.45) is 7.78. The molecule has 5 heteroatoms. The molecule has 0 saturated carbocycles. The van der Waals surface area contributed by atoms with Gasteiger partial charge in [-0.15, -0.1) is 0 Å². The number of likely N-dealkylation sites (tertiary alicyclic amines) is 1. The number of rotatable bonds is 4. The quantitative estimate of drug-likeness (QED) is 0.932. The number of hydrogen-bond acceptors (Lipinski definition) is 5. The van der Waals surface area contributed by atoms with E-state index in [1.807, 2.05) is 31.6 Å². The number of pyridine rings is 1. The van der Waals surface area contributed by atoms with Gasteiger partial charge in [-0.25, -0.2) is 9.97 Å². The Balaban J connectivity index is 1.49. The van der Waals surface area contributed by atoms with Crippen LogP contribution in [0, 0.1) is 6.92 Å². The summed E-state index contributed by atoms with van der Waals surface area (Å²) in [7, 11) is 0. The van der Waals surface area contributed by atoms with Crippen molar-refractivity contribution in [3.8, 4) is 0 Å². The molecule has 1 saturated heterocycles. The number of hydrogen-bond donors (Lipinski definition) is 1. The van der Waals surface area contributed by atoms with Crippen molar-refractivity contribution < 1.29 is 0 Å². The van der Waals surface area contributed by atoms with Crippen LogP contribution in [0.15, 0.2) is 36.8 Å². The molecule has 2 aromatic rings. The van der Waals surface area contributed by atoms with Crippen molar-refractivity contribution in [1.82, 2.24) is 19.9 Å². The standard InChI is InChI=1S/C16H21N5/c1-13-2-9-18-16(19-13)20-15-5-10-21(11-6-15)12-14-3-7-17-8-4-14/h2-4,7-9,15H,5-6,10-12H2,1H3,(H,18,19,20). The van der Waals surface area contributed by atoms with Gasteiger partial charge in [-0.3, -0.25) is 9.88 Å². The van der Waals surface area contributed by atoms with Gasteiger partial charge in [-0.1, -0.05) is 0 Å². The van der Waals surface area contributed by atoms with Gasteiger partial charge >= 0.3 is 0 Å². The van der Waals surface area contributed by atoms with E-state index < -0.39 is 0 Å². The molecule has 0 unspecified atom stereocenters. The number of anilines is 1. The zero-order valence-corrected chi connectivity index (χ0v) is 12.4. The van der Waals surface area contributed by atoms with Crippen LogP contribution in [0.3, 0.4) is 0 Å². The molecule has 0 amide bonds. The maximum atomic E-state index is 4.41. The van der Waals surface area contributed by atoms with Crippen LogP contribution in [0.2, 0.25) is 0 Å². The van der Waals surface area contributed by atoms with Crippen molar-refractivity contribution in [2.75, 3.05) is 18.4 Å². The highest BCUT2D eigenvalue weighted by Gasteiger charge is 2.19. The van der Waals surface area contributed by atoms with E-state index in [0.717, 1.165) is 44.1 Å². The molecular formula is C16H21N5. The second-order valence-electron chi connectivity index (χ2n) is 5.57. The molecular weight excluding hydrogens is 262 g/mol. The molecule has 1 aliphatic rings. The SMILES string of the molecule is Cc1ccnc(NC2CCN(Cc3ccncc3)CC2)n1. The van der Waals surface area contributed by atoms with Crippen LogP contribution < -0.4 is 5.32 Å². The van der Waals surface area contributed by atoms with Gasteiger partial charge in [0.25, 0.3) is 0 Å². The Morgan fingerprint density at radius 2 is 1.90 bits per heavy atom. The molecule has 0 aliphatic carbocycles. The molecule has 0 radical (unpaired) electrons. The molecule has 3 rings (SSSR count). The maximum Gasteiger partial charge on any atom is 0.223 e. The van der Waals surface area contributed by atoms with Gasteiger partial charge in [0.15, 0.2) is 0 Å². The fraction of sp³-hybridized carbons (Fsp3) is 0.438. The third kappa shape index (κ3) is 3.98. The second kappa shape index (κ2) is 6.63. The summed E-state index contributed by atoms with van der Waals surface area (Å²) < 4.78 is 0. The number of aryl methyl sites for hydroxylation is 1. The molecule has 2 aromatic heterocycles. The van der Waals surface area contributed by atoms with E-state index in [4.69, 9.17) is 0 Å². The summed E-state index contributed by atoms with van der Waals surface area (Å²) in [5, 5.41) is 3.45. The van der Waals surface area contributed by atoms with Crippen molar-refractivity contribution in [1.29, 1.82) is 0 Å². The maximum absolute atomic E-state index is 4.41. The molecule has 5 nitrogen and oxygen atoms in total. The lowest BCUT2D eigenvalue weighted by molar-refractivity contribution is 0.211. The lowest BCUT2D eigenvalue weighted by Gasteiger charge is -2.32. The highest BCUT2D eigenvalue weighted by atomic mass is 15.2. The first-order chi connectivity index (χ1) is 10.3. The molecule has 110 valence electrons. The van der Waals surface area contributed by atoms with E-state index in [0.29, 0.717) is 6.04 Å². The molecule has 1 fully saturated rings. The van der Waals surface area contributed by atoms with Crippen LogP contribution in [-0.2, 0) is 6.54 Å². The minimum atomic E-state index is 0.473.